The summed E-state index contributed by atoms with van der Waals surface area (Å²) in [5.41, 5.74) is 0.542. The molecule has 0 atom stereocenters. The number of amides is 1. The van der Waals surface area contributed by atoms with Crippen molar-refractivity contribution in [3.05, 3.63) is 20.8 Å². The summed E-state index contributed by atoms with van der Waals surface area (Å²) in [5.74, 6) is -1.17. The first-order valence-corrected chi connectivity index (χ1v) is 5.51. The van der Waals surface area contributed by atoms with E-state index in [4.69, 9.17) is 5.11 Å². The molecule has 0 unspecified atom stereocenters. The van der Waals surface area contributed by atoms with Crippen LogP contribution in [0.3, 0.4) is 0 Å². The van der Waals surface area contributed by atoms with E-state index in [-0.39, 0.29) is 18.9 Å². The van der Waals surface area contributed by atoms with E-state index < -0.39 is 5.97 Å². The Labute approximate surface area is 93.1 Å². The summed E-state index contributed by atoms with van der Waals surface area (Å²) < 4.78 is 0.755. The van der Waals surface area contributed by atoms with Gasteiger partial charge in [-0.25, -0.2) is 0 Å². The lowest BCUT2D eigenvalue weighted by molar-refractivity contribution is -0.136. The van der Waals surface area contributed by atoms with Crippen molar-refractivity contribution >= 4 is 39.1 Å². The van der Waals surface area contributed by atoms with Crippen molar-refractivity contribution in [3.63, 3.8) is 0 Å². The van der Waals surface area contributed by atoms with Crippen LogP contribution in [-0.4, -0.2) is 23.5 Å². The van der Waals surface area contributed by atoms with E-state index in [0.717, 1.165) is 3.79 Å². The van der Waals surface area contributed by atoms with Crippen molar-refractivity contribution in [1.29, 1.82) is 0 Å². The zero-order valence-electron chi connectivity index (χ0n) is 7.12. The summed E-state index contributed by atoms with van der Waals surface area (Å²) in [7, 11) is 0. The molecule has 1 rings (SSSR count). The average Bonchev–Trinajstić information content (AvgIpc) is 2.50. The second kappa shape index (κ2) is 5.11. The molecule has 6 heteroatoms. The molecule has 1 aromatic rings. The molecule has 1 heterocycles. The number of carboxylic acid groups (broad SMARTS) is 1. The first kappa shape index (κ1) is 11.2. The van der Waals surface area contributed by atoms with Gasteiger partial charge in [0.05, 0.1) is 15.8 Å². The maximum Gasteiger partial charge on any atom is 0.305 e. The average molecular weight is 278 g/mol. The minimum Gasteiger partial charge on any atom is -0.481 e. The van der Waals surface area contributed by atoms with Gasteiger partial charge < -0.3 is 10.4 Å². The Morgan fingerprint density at radius 2 is 2.29 bits per heavy atom. The van der Waals surface area contributed by atoms with Crippen LogP contribution in [0.2, 0.25) is 0 Å². The number of halogens is 1. The monoisotopic (exact) mass is 277 g/mol. The van der Waals surface area contributed by atoms with Crippen LogP contribution in [0.4, 0.5) is 0 Å². The molecule has 0 radical (unpaired) electrons. The second-order valence-electron chi connectivity index (χ2n) is 2.51. The quantitative estimate of drug-likeness (QED) is 0.881. The van der Waals surface area contributed by atoms with E-state index in [0.29, 0.717) is 5.56 Å². The molecule has 0 aliphatic rings. The molecule has 0 saturated carbocycles. The zero-order valence-corrected chi connectivity index (χ0v) is 9.52. The van der Waals surface area contributed by atoms with Gasteiger partial charge >= 0.3 is 5.97 Å². The van der Waals surface area contributed by atoms with E-state index in [9.17, 15) is 9.59 Å². The Balaban J connectivity index is 2.44. The van der Waals surface area contributed by atoms with Crippen LogP contribution in [-0.2, 0) is 4.79 Å². The normalized spacial score (nSPS) is 9.79. The number of rotatable bonds is 4. The highest BCUT2D eigenvalue weighted by atomic mass is 79.9. The molecule has 0 bridgehead atoms. The van der Waals surface area contributed by atoms with Crippen molar-refractivity contribution in [3.8, 4) is 0 Å². The third-order valence-electron chi connectivity index (χ3n) is 1.49. The highest BCUT2D eigenvalue weighted by molar-refractivity contribution is 9.11. The number of carbonyl (C=O) groups excluding carboxylic acids is 1. The van der Waals surface area contributed by atoms with E-state index in [1.54, 1.807) is 11.4 Å². The van der Waals surface area contributed by atoms with Crippen molar-refractivity contribution in [1.82, 2.24) is 5.32 Å². The third kappa shape index (κ3) is 3.12. The molecule has 14 heavy (non-hydrogen) atoms. The van der Waals surface area contributed by atoms with Gasteiger partial charge in [-0.3, -0.25) is 9.59 Å². The van der Waals surface area contributed by atoms with Crippen molar-refractivity contribution < 1.29 is 14.7 Å². The van der Waals surface area contributed by atoms with E-state index in [1.165, 1.54) is 11.3 Å². The molecule has 2 N–H and O–H groups in total. The van der Waals surface area contributed by atoms with Gasteiger partial charge in [0.15, 0.2) is 0 Å². The first-order valence-electron chi connectivity index (χ1n) is 3.84. The first-order chi connectivity index (χ1) is 6.61. The predicted molar refractivity (Wildman–Crippen MR) is 56.6 cm³/mol. The van der Waals surface area contributed by atoms with E-state index in [2.05, 4.69) is 21.2 Å². The van der Waals surface area contributed by atoms with Gasteiger partial charge in [-0.2, -0.15) is 0 Å². The van der Waals surface area contributed by atoms with Gasteiger partial charge in [-0.15, -0.1) is 11.3 Å². The SMILES string of the molecule is O=C(O)CCNC(=O)c1ccsc1Br. The molecular weight excluding hydrogens is 270 g/mol. The molecule has 0 fully saturated rings. The fourth-order valence-corrected chi connectivity index (χ4v) is 2.08. The number of carboxylic acids is 1. The lowest BCUT2D eigenvalue weighted by atomic mass is 10.3. The minimum absolute atomic E-state index is 0.0620. The molecular formula is C8H8BrNO3S. The number of hydrogen-bond donors (Lipinski definition) is 2. The largest absolute Gasteiger partial charge is 0.481 e. The standard InChI is InChI=1S/C8H8BrNO3S/c9-7-5(2-4-14-7)8(13)10-3-1-6(11)12/h2,4H,1,3H2,(H,10,13)(H,11,12). The Kier molecular flexibility index (Phi) is 4.09. The van der Waals surface area contributed by atoms with Gasteiger partial charge in [-0.05, 0) is 27.4 Å². The predicted octanol–water partition coefficient (Wildman–Crippen LogP) is 1.72. The van der Waals surface area contributed by atoms with Crippen molar-refractivity contribution in [2.45, 2.75) is 6.42 Å². The zero-order chi connectivity index (χ0) is 10.6. The smallest absolute Gasteiger partial charge is 0.305 e. The number of aliphatic carboxylic acids is 1. The lowest BCUT2D eigenvalue weighted by Gasteiger charge is -2.01. The molecule has 76 valence electrons. The molecule has 1 amide bonds. The fraction of sp³-hybridized carbons (Fsp3) is 0.250. The number of hydrogen-bond acceptors (Lipinski definition) is 3. The van der Waals surface area contributed by atoms with Gasteiger partial charge in [0.25, 0.3) is 5.91 Å². The molecule has 4 nitrogen and oxygen atoms in total. The van der Waals surface area contributed by atoms with E-state index in [1.807, 2.05) is 0 Å². The van der Waals surface area contributed by atoms with Gasteiger partial charge in [0, 0.05) is 6.54 Å². The molecule has 0 saturated heterocycles. The lowest BCUT2D eigenvalue weighted by Crippen LogP contribution is -2.25. The van der Waals surface area contributed by atoms with Crippen molar-refractivity contribution in [2.24, 2.45) is 0 Å². The molecule has 1 aromatic heterocycles. The summed E-state index contributed by atoms with van der Waals surface area (Å²) >= 11 is 4.64. The summed E-state index contributed by atoms with van der Waals surface area (Å²) in [5, 5.41) is 12.7. The maximum atomic E-state index is 11.4. The summed E-state index contributed by atoms with van der Waals surface area (Å²) in [6, 6.07) is 1.69. The van der Waals surface area contributed by atoms with Crippen LogP contribution in [0.1, 0.15) is 16.8 Å². The van der Waals surface area contributed by atoms with Crippen LogP contribution in [0.15, 0.2) is 15.2 Å². The van der Waals surface area contributed by atoms with E-state index >= 15 is 0 Å². The maximum absolute atomic E-state index is 11.4. The van der Waals surface area contributed by atoms with Crippen LogP contribution < -0.4 is 5.32 Å². The number of thiophene rings is 1. The van der Waals surface area contributed by atoms with Gasteiger partial charge in [0.2, 0.25) is 0 Å². The summed E-state index contributed by atoms with van der Waals surface area (Å²) in [4.78, 5) is 21.6. The van der Waals surface area contributed by atoms with Crippen molar-refractivity contribution in [2.75, 3.05) is 6.54 Å². The van der Waals surface area contributed by atoms with Gasteiger partial charge in [-0.1, -0.05) is 0 Å². The third-order valence-corrected chi connectivity index (χ3v) is 3.17. The number of nitrogens with one attached hydrogen (secondary N) is 1. The Hall–Kier alpha value is -0.880. The minimum atomic E-state index is -0.922. The number of carbonyl (C=O) groups is 2. The Morgan fingerprint density at radius 1 is 1.57 bits per heavy atom. The Bertz CT molecular complexity index is 350. The van der Waals surface area contributed by atoms with Crippen LogP contribution in [0.25, 0.3) is 0 Å². The molecule has 0 spiro atoms. The Morgan fingerprint density at radius 3 is 2.79 bits per heavy atom. The fourth-order valence-electron chi connectivity index (χ4n) is 0.834. The highest BCUT2D eigenvalue weighted by Gasteiger charge is 2.10. The van der Waals surface area contributed by atoms with Crippen LogP contribution in [0.5, 0.6) is 0 Å². The summed E-state index contributed by atoms with van der Waals surface area (Å²) in [6.45, 7) is 0.149. The summed E-state index contributed by atoms with van der Waals surface area (Å²) in [6.07, 6.45) is -0.0620. The highest BCUT2D eigenvalue weighted by Crippen LogP contribution is 2.22. The van der Waals surface area contributed by atoms with Gasteiger partial charge in [0.1, 0.15) is 0 Å². The molecule has 0 aliphatic heterocycles. The van der Waals surface area contributed by atoms with Crippen LogP contribution >= 0.6 is 27.3 Å². The molecule has 0 aliphatic carbocycles. The topological polar surface area (TPSA) is 66.4 Å². The molecule has 0 aromatic carbocycles. The second-order valence-corrected chi connectivity index (χ2v) is 4.74. The van der Waals surface area contributed by atoms with Crippen LogP contribution in [0, 0.1) is 0 Å².